The van der Waals surface area contributed by atoms with Crippen LogP contribution in [0.1, 0.15) is 28.4 Å². The smallest absolute Gasteiger partial charge is 0.132 e. The summed E-state index contributed by atoms with van der Waals surface area (Å²) in [6.45, 7) is 3.40. The summed E-state index contributed by atoms with van der Waals surface area (Å²) in [6.07, 6.45) is -1.16. The van der Waals surface area contributed by atoms with Gasteiger partial charge in [-0.05, 0) is 42.7 Å². The van der Waals surface area contributed by atoms with Gasteiger partial charge in [-0.3, -0.25) is 0 Å². The number of rotatable bonds is 3. The predicted octanol–water partition coefficient (Wildman–Crippen LogP) is 3.67. The van der Waals surface area contributed by atoms with Crippen molar-refractivity contribution in [2.24, 2.45) is 0 Å². The van der Waals surface area contributed by atoms with E-state index in [9.17, 15) is 13.9 Å². The summed E-state index contributed by atoms with van der Waals surface area (Å²) in [7, 11) is 1.53. The van der Waals surface area contributed by atoms with Gasteiger partial charge in [0.15, 0.2) is 0 Å². The van der Waals surface area contributed by atoms with Crippen LogP contribution >= 0.6 is 0 Å². The lowest BCUT2D eigenvalue weighted by Gasteiger charge is -2.15. The average Bonchev–Trinajstić information content (AvgIpc) is 2.42. The van der Waals surface area contributed by atoms with Crippen molar-refractivity contribution in [1.82, 2.24) is 0 Å². The van der Waals surface area contributed by atoms with E-state index in [1.54, 1.807) is 18.2 Å². The second-order valence-electron chi connectivity index (χ2n) is 4.75. The number of hydrogen-bond donors (Lipinski definition) is 1. The number of hydrogen-bond acceptors (Lipinski definition) is 2. The van der Waals surface area contributed by atoms with Crippen LogP contribution in [0, 0.1) is 25.5 Å². The summed E-state index contributed by atoms with van der Waals surface area (Å²) in [5.41, 5.74) is 1.76. The van der Waals surface area contributed by atoms with E-state index in [2.05, 4.69) is 0 Å². The molecule has 0 radical (unpaired) electrons. The summed E-state index contributed by atoms with van der Waals surface area (Å²) >= 11 is 0. The maximum atomic E-state index is 13.8. The van der Waals surface area contributed by atoms with Gasteiger partial charge in [0.05, 0.1) is 7.11 Å². The Hall–Kier alpha value is -1.94. The molecule has 2 aromatic carbocycles. The molecule has 0 aromatic heterocycles. The van der Waals surface area contributed by atoms with Gasteiger partial charge in [-0.2, -0.15) is 0 Å². The first-order chi connectivity index (χ1) is 9.43. The number of aliphatic hydroxyl groups is 1. The maximum absolute atomic E-state index is 13.8. The minimum atomic E-state index is -1.16. The van der Waals surface area contributed by atoms with E-state index in [0.717, 1.165) is 11.6 Å². The Morgan fingerprint density at radius 2 is 1.70 bits per heavy atom. The van der Waals surface area contributed by atoms with Gasteiger partial charge in [-0.15, -0.1) is 0 Å². The molecule has 0 spiro atoms. The van der Waals surface area contributed by atoms with Gasteiger partial charge < -0.3 is 9.84 Å². The third-order valence-electron chi connectivity index (χ3n) is 3.32. The van der Waals surface area contributed by atoms with Crippen LogP contribution in [0.25, 0.3) is 0 Å². The molecular formula is C16H16F2O2. The Labute approximate surface area is 116 Å². The number of ether oxygens (including phenoxy) is 1. The SMILES string of the molecule is COc1cc(C(O)c2cc(C)c(F)cc2F)ccc1C. The summed E-state index contributed by atoms with van der Waals surface area (Å²) in [5.74, 6) is -0.777. The normalized spacial score (nSPS) is 12.3. The number of halogens is 2. The first-order valence-corrected chi connectivity index (χ1v) is 6.22. The molecule has 0 heterocycles. The lowest BCUT2D eigenvalue weighted by molar-refractivity contribution is 0.214. The highest BCUT2D eigenvalue weighted by molar-refractivity contribution is 5.41. The molecule has 2 aromatic rings. The molecule has 0 saturated carbocycles. The third kappa shape index (κ3) is 2.65. The standard InChI is InChI=1S/C16H16F2O2/c1-9-4-5-11(7-15(9)20-3)16(19)12-6-10(2)13(17)8-14(12)18/h4-8,16,19H,1-3H3. The molecule has 1 unspecified atom stereocenters. The van der Waals surface area contributed by atoms with Crippen molar-refractivity contribution in [2.75, 3.05) is 7.11 Å². The van der Waals surface area contributed by atoms with Crippen LogP contribution in [0.2, 0.25) is 0 Å². The third-order valence-corrected chi connectivity index (χ3v) is 3.32. The highest BCUT2D eigenvalue weighted by Crippen LogP contribution is 2.29. The zero-order chi connectivity index (χ0) is 14.9. The second kappa shape index (κ2) is 5.59. The molecule has 0 amide bonds. The summed E-state index contributed by atoms with van der Waals surface area (Å²) < 4.78 is 32.2. The Morgan fingerprint density at radius 3 is 2.35 bits per heavy atom. The van der Waals surface area contributed by atoms with Crippen molar-refractivity contribution >= 4 is 0 Å². The molecule has 0 bridgehead atoms. The highest BCUT2D eigenvalue weighted by Gasteiger charge is 2.18. The summed E-state index contributed by atoms with van der Waals surface area (Å²) in [5, 5.41) is 10.3. The van der Waals surface area contributed by atoms with Crippen molar-refractivity contribution in [3.63, 3.8) is 0 Å². The second-order valence-corrected chi connectivity index (χ2v) is 4.75. The molecule has 0 aliphatic rings. The van der Waals surface area contributed by atoms with Crippen LogP contribution in [-0.2, 0) is 0 Å². The van der Waals surface area contributed by atoms with E-state index in [1.807, 2.05) is 6.92 Å². The van der Waals surface area contributed by atoms with Gasteiger partial charge in [-0.1, -0.05) is 12.1 Å². The molecule has 0 saturated heterocycles. The molecule has 2 rings (SSSR count). The van der Waals surface area contributed by atoms with E-state index < -0.39 is 17.7 Å². The fourth-order valence-electron chi connectivity index (χ4n) is 2.08. The topological polar surface area (TPSA) is 29.5 Å². The van der Waals surface area contributed by atoms with Gasteiger partial charge in [0, 0.05) is 11.6 Å². The lowest BCUT2D eigenvalue weighted by Crippen LogP contribution is -2.05. The Balaban J connectivity index is 2.46. The van der Waals surface area contributed by atoms with Gasteiger partial charge in [0.2, 0.25) is 0 Å². The van der Waals surface area contributed by atoms with Crippen molar-refractivity contribution in [3.8, 4) is 5.75 Å². The van der Waals surface area contributed by atoms with Crippen molar-refractivity contribution in [2.45, 2.75) is 20.0 Å². The molecule has 0 aliphatic heterocycles. The Bertz CT molecular complexity index is 639. The number of benzene rings is 2. The van der Waals surface area contributed by atoms with E-state index in [1.165, 1.54) is 20.1 Å². The molecule has 1 N–H and O–H groups in total. The van der Waals surface area contributed by atoms with E-state index in [4.69, 9.17) is 4.74 Å². The van der Waals surface area contributed by atoms with E-state index in [-0.39, 0.29) is 5.56 Å². The Morgan fingerprint density at radius 1 is 1.00 bits per heavy atom. The fraction of sp³-hybridized carbons (Fsp3) is 0.250. The molecule has 2 nitrogen and oxygen atoms in total. The van der Waals surface area contributed by atoms with E-state index in [0.29, 0.717) is 16.9 Å². The van der Waals surface area contributed by atoms with Gasteiger partial charge in [0.1, 0.15) is 23.5 Å². The van der Waals surface area contributed by atoms with E-state index >= 15 is 0 Å². The van der Waals surface area contributed by atoms with Crippen LogP contribution in [0.15, 0.2) is 30.3 Å². The molecular weight excluding hydrogens is 262 g/mol. The van der Waals surface area contributed by atoms with Crippen LogP contribution in [0.3, 0.4) is 0 Å². The molecule has 0 fully saturated rings. The monoisotopic (exact) mass is 278 g/mol. The first-order valence-electron chi connectivity index (χ1n) is 6.22. The van der Waals surface area contributed by atoms with Crippen LogP contribution in [0.5, 0.6) is 5.75 Å². The van der Waals surface area contributed by atoms with Crippen LogP contribution < -0.4 is 4.74 Å². The fourth-order valence-corrected chi connectivity index (χ4v) is 2.08. The van der Waals surface area contributed by atoms with Crippen molar-refractivity contribution < 1.29 is 18.6 Å². The summed E-state index contributed by atoms with van der Waals surface area (Å²) in [6, 6.07) is 7.24. The maximum Gasteiger partial charge on any atom is 0.132 e. The zero-order valence-electron chi connectivity index (χ0n) is 11.6. The van der Waals surface area contributed by atoms with Crippen LogP contribution in [-0.4, -0.2) is 12.2 Å². The van der Waals surface area contributed by atoms with Crippen molar-refractivity contribution in [3.05, 3.63) is 64.2 Å². The molecule has 0 aliphatic carbocycles. The minimum absolute atomic E-state index is 0.0507. The number of aliphatic hydroxyl groups excluding tert-OH is 1. The molecule has 4 heteroatoms. The molecule has 106 valence electrons. The Kier molecular flexibility index (Phi) is 4.04. The van der Waals surface area contributed by atoms with Gasteiger partial charge in [0.25, 0.3) is 0 Å². The van der Waals surface area contributed by atoms with Gasteiger partial charge in [-0.25, -0.2) is 8.78 Å². The molecule has 1 atom stereocenters. The largest absolute Gasteiger partial charge is 0.496 e. The summed E-state index contributed by atoms with van der Waals surface area (Å²) in [4.78, 5) is 0. The zero-order valence-corrected chi connectivity index (χ0v) is 11.6. The average molecular weight is 278 g/mol. The number of methoxy groups -OCH3 is 1. The molecule has 20 heavy (non-hydrogen) atoms. The minimum Gasteiger partial charge on any atom is -0.496 e. The lowest BCUT2D eigenvalue weighted by atomic mass is 9.98. The van der Waals surface area contributed by atoms with Gasteiger partial charge >= 0.3 is 0 Å². The predicted molar refractivity (Wildman–Crippen MR) is 72.9 cm³/mol. The quantitative estimate of drug-likeness (QED) is 0.928. The van der Waals surface area contributed by atoms with Crippen molar-refractivity contribution in [1.29, 1.82) is 0 Å². The number of aryl methyl sites for hydroxylation is 2. The van der Waals surface area contributed by atoms with Crippen LogP contribution in [0.4, 0.5) is 8.78 Å². The first kappa shape index (κ1) is 14.5. The highest BCUT2D eigenvalue weighted by atomic mass is 19.1.